The van der Waals surface area contributed by atoms with E-state index in [1.165, 1.54) is 5.56 Å². The monoisotopic (exact) mass is 247 g/mol. The van der Waals surface area contributed by atoms with Crippen LogP contribution < -0.4 is 10.8 Å². The average molecular weight is 247 g/mol. The van der Waals surface area contributed by atoms with E-state index in [0.717, 1.165) is 25.3 Å². The van der Waals surface area contributed by atoms with Crippen LogP contribution in [-0.2, 0) is 9.57 Å². The van der Waals surface area contributed by atoms with Crippen molar-refractivity contribution in [3.8, 4) is 0 Å². The zero-order valence-corrected chi connectivity index (χ0v) is 10.3. The predicted octanol–water partition coefficient (Wildman–Crippen LogP) is 1.30. The van der Waals surface area contributed by atoms with E-state index in [0.29, 0.717) is 5.90 Å². The van der Waals surface area contributed by atoms with Gasteiger partial charge in [-0.15, -0.1) is 5.48 Å². The van der Waals surface area contributed by atoms with Gasteiger partial charge in [-0.25, -0.2) is 4.99 Å². The number of morpholine rings is 1. The van der Waals surface area contributed by atoms with Crippen LogP contribution in [0.5, 0.6) is 0 Å². The maximum absolute atomic E-state index is 5.72. The molecule has 1 aromatic rings. The van der Waals surface area contributed by atoms with E-state index in [9.17, 15) is 0 Å². The minimum absolute atomic E-state index is 0.0931. The minimum Gasteiger partial charge on any atom is -0.391 e. The first-order chi connectivity index (χ1) is 8.83. The maximum atomic E-state index is 5.72. The van der Waals surface area contributed by atoms with Crippen LogP contribution in [0.3, 0.4) is 0 Å². The normalized spacial score (nSPS) is 27.7. The summed E-state index contributed by atoms with van der Waals surface area (Å²) in [6, 6.07) is 8.32. The van der Waals surface area contributed by atoms with Crippen LogP contribution in [0.15, 0.2) is 29.3 Å². The summed E-state index contributed by atoms with van der Waals surface area (Å²) in [4.78, 5) is 9.47. The van der Waals surface area contributed by atoms with Crippen molar-refractivity contribution in [2.24, 2.45) is 4.99 Å². The second-order valence-corrected chi connectivity index (χ2v) is 4.50. The first kappa shape index (κ1) is 11.6. The summed E-state index contributed by atoms with van der Waals surface area (Å²) in [6.07, 6.45) is 0.0651. The quantitative estimate of drug-likeness (QED) is 0.827. The van der Waals surface area contributed by atoms with Gasteiger partial charge in [0.15, 0.2) is 6.17 Å². The second kappa shape index (κ2) is 5.06. The third kappa shape index (κ3) is 2.38. The van der Waals surface area contributed by atoms with Crippen LogP contribution in [0.4, 0.5) is 0 Å². The first-order valence-electron chi connectivity index (χ1n) is 6.22. The molecular weight excluding hydrogens is 230 g/mol. The summed E-state index contributed by atoms with van der Waals surface area (Å²) in [5, 5.41) is 3.33. The molecule has 2 aliphatic rings. The molecule has 5 nitrogen and oxygen atoms in total. The van der Waals surface area contributed by atoms with Crippen LogP contribution in [0.2, 0.25) is 0 Å². The zero-order chi connectivity index (χ0) is 12.4. The summed E-state index contributed by atoms with van der Waals surface area (Å²) < 4.78 is 5.72. The number of rotatable bonds is 2. The van der Waals surface area contributed by atoms with Gasteiger partial charge in [0.2, 0.25) is 5.90 Å². The Morgan fingerprint density at radius 1 is 1.22 bits per heavy atom. The summed E-state index contributed by atoms with van der Waals surface area (Å²) in [6.45, 7) is 4.42. The average Bonchev–Trinajstić information content (AvgIpc) is 2.87. The van der Waals surface area contributed by atoms with Gasteiger partial charge in [0, 0.05) is 20.0 Å². The summed E-state index contributed by atoms with van der Waals surface area (Å²) in [7, 11) is 0. The summed E-state index contributed by atoms with van der Waals surface area (Å²) >= 11 is 0. The molecule has 18 heavy (non-hydrogen) atoms. The van der Waals surface area contributed by atoms with Crippen LogP contribution in [0, 0.1) is 0 Å². The van der Waals surface area contributed by atoms with Crippen molar-refractivity contribution >= 4 is 5.90 Å². The third-order valence-corrected chi connectivity index (χ3v) is 3.18. The molecule has 2 N–H and O–H groups in total. The number of benzene rings is 1. The second-order valence-electron chi connectivity index (χ2n) is 4.50. The zero-order valence-electron chi connectivity index (χ0n) is 10.3. The van der Waals surface area contributed by atoms with E-state index in [1.54, 1.807) is 0 Å². The van der Waals surface area contributed by atoms with Crippen LogP contribution in [0.25, 0.3) is 0 Å². The lowest BCUT2D eigenvalue weighted by atomic mass is 10.0. The highest BCUT2D eigenvalue weighted by Gasteiger charge is 2.19. The molecule has 1 aromatic carbocycles. The largest absolute Gasteiger partial charge is 0.391 e. The Bertz CT molecular complexity index is 438. The fraction of sp³-hybridized carbons (Fsp3) is 0.462. The molecule has 0 bridgehead atoms. The smallest absolute Gasteiger partial charge is 0.208 e. The van der Waals surface area contributed by atoms with E-state index in [1.807, 2.05) is 6.92 Å². The number of aliphatic imine (C=N–C) groups is 1. The van der Waals surface area contributed by atoms with Crippen molar-refractivity contribution in [2.45, 2.75) is 19.2 Å². The topological polar surface area (TPSA) is 54.9 Å². The van der Waals surface area contributed by atoms with E-state index >= 15 is 0 Å². The van der Waals surface area contributed by atoms with E-state index in [-0.39, 0.29) is 12.3 Å². The van der Waals surface area contributed by atoms with Gasteiger partial charge in [-0.05, 0) is 11.1 Å². The van der Waals surface area contributed by atoms with Crippen molar-refractivity contribution in [3.05, 3.63) is 35.4 Å². The van der Waals surface area contributed by atoms with E-state index in [2.05, 4.69) is 40.1 Å². The Morgan fingerprint density at radius 3 is 2.61 bits per heavy atom. The number of nitrogens with one attached hydrogen (secondary N) is 2. The highest BCUT2D eigenvalue weighted by Crippen LogP contribution is 2.23. The Balaban J connectivity index is 1.72. The fourth-order valence-electron chi connectivity index (χ4n) is 2.19. The minimum atomic E-state index is -0.0931. The van der Waals surface area contributed by atoms with Gasteiger partial charge in [0.1, 0.15) is 0 Å². The van der Waals surface area contributed by atoms with Crippen molar-refractivity contribution in [3.63, 3.8) is 0 Å². The molecule has 0 aliphatic carbocycles. The fourth-order valence-corrected chi connectivity index (χ4v) is 2.19. The predicted molar refractivity (Wildman–Crippen MR) is 68.1 cm³/mol. The van der Waals surface area contributed by atoms with Crippen LogP contribution in [-0.4, -0.2) is 25.6 Å². The van der Waals surface area contributed by atoms with Crippen molar-refractivity contribution in [1.29, 1.82) is 0 Å². The molecule has 0 aromatic heterocycles. The molecule has 3 rings (SSSR count). The molecule has 2 atom stereocenters. The van der Waals surface area contributed by atoms with Crippen LogP contribution in [0.1, 0.15) is 30.3 Å². The number of hydrogen-bond acceptors (Lipinski definition) is 5. The number of hydroxylamine groups is 1. The lowest BCUT2D eigenvalue weighted by molar-refractivity contribution is 0.0277. The van der Waals surface area contributed by atoms with Gasteiger partial charge in [0.25, 0.3) is 0 Å². The molecule has 5 heteroatoms. The third-order valence-electron chi connectivity index (χ3n) is 3.18. The van der Waals surface area contributed by atoms with E-state index < -0.39 is 0 Å². The molecular formula is C13H17N3O2. The Hall–Kier alpha value is -1.43. The molecule has 96 valence electrons. The SMILES string of the molecule is CC1=NC(c2ccc(C3CNCCO3)cc2)NO1. The highest BCUT2D eigenvalue weighted by molar-refractivity contribution is 5.74. The lowest BCUT2D eigenvalue weighted by Gasteiger charge is -2.24. The van der Waals surface area contributed by atoms with Gasteiger partial charge in [0.05, 0.1) is 12.7 Å². The molecule has 1 saturated heterocycles. The highest BCUT2D eigenvalue weighted by atomic mass is 16.7. The molecule has 2 unspecified atom stereocenters. The summed E-state index contributed by atoms with van der Waals surface area (Å²) in [5.74, 6) is 0.670. The van der Waals surface area contributed by atoms with Gasteiger partial charge >= 0.3 is 0 Å². The first-order valence-corrected chi connectivity index (χ1v) is 6.22. The lowest BCUT2D eigenvalue weighted by Crippen LogP contribution is -2.33. The van der Waals surface area contributed by atoms with Gasteiger partial charge in [-0.3, -0.25) is 0 Å². The van der Waals surface area contributed by atoms with Gasteiger partial charge < -0.3 is 14.9 Å². The molecule has 0 amide bonds. The van der Waals surface area contributed by atoms with Crippen molar-refractivity contribution in [1.82, 2.24) is 10.8 Å². The maximum Gasteiger partial charge on any atom is 0.208 e. The molecule has 1 fully saturated rings. The van der Waals surface area contributed by atoms with Gasteiger partial charge in [-0.2, -0.15) is 0 Å². The van der Waals surface area contributed by atoms with E-state index in [4.69, 9.17) is 9.57 Å². The molecule has 0 radical (unpaired) electrons. The molecule has 0 saturated carbocycles. The van der Waals surface area contributed by atoms with Gasteiger partial charge in [-0.1, -0.05) is 24.3 Å². The number of nitrogens with zero attached hydrogens (tertiary/aromatic N) is 1. The number of ether oxygens (including phenoxy) is 1. The van der Waals surface area contributed by atoms with Crippen LogP contribution >= 0.6 is 0 Å². The molecule has 2 heterocycles. The Kier molecular flexibility index (Phi) is 3.27. The standard InChI is InChI=1S/C13H17N3O2/c1-9-15-13(16-18-9)11-4-2-10(3-5-11)12-8-14-6-7-17-12/h2-5,12-14,16H,6-8H2,1H3. The Labute approximate surface area is 106 Å². The van der Waals surface area contributed by atoms with Crippen molar-refractivity contribution in [2.75, 3.05) is 19.7 Å². The van der Waals surface area contributed by atoms with Crippen molar-refractivity contribution < 1.29 is 9.57 Å². The number of hydrogen-bond donors (Lipinski definition) is 2. The molecule has 2 aliphatic heterocycles. The summed E-state index contributed by atoms with van der Waals surface area (Å²) in [5.41, 5.74) is 5.17. The Morgan fingerprint density at radius 2 is 2.00 bits per heavy atom. The molecule has 0 spiro atoms.